The van der Waals surface area contributed by atoms with Crippen molar-refractivity contribution in [1.29, 1.82) is 0 Å². The van der Waals surface area contributed by atoms with Crippen LogP contribution in [0, 0.1) is 0 Å². The van der Waals surface area contributed by atoms with Crippen molar-refractivity contribution in [3.63, 3.8) is 0 Å². The van der Waals surface area contributed by atoms with E-state index in [1.54, 1.807) is 13.3 Å². The van der Waals surface area contributed by atoms with E-state index in [0.717, 1.165) is 48.2 Å². The van der Waals surface area contributed by atoms with Crippen LogP contribution < -0.4 is 10.1 Å². The molecule has 1 aromatic carbocycles. The minimum Gasteiger partial charge on any atom is -0.496 e. The van der Waals surface area contributed by atoms with Gasteiger partial charge in [-0.1, -0.05) is 6.07 Å². The summed E-state index contributed by atoms with van der Waals surface area (Å²) in [7, 11) is 1.68. The van der Waals surface area contributed by atoms with Crippen LogP contribution in [0.4, 0.5) is 5.95 Å². The zero-order valence-corrected chi connectivity index (χ0v) is 14.2. The summed E-state index contributed by atoms with van der Waals surface area (Å²) in [6, 6.07) is 10.2. The zero-order chi connectivity index (χ0) is 17.2. The molecular formula is C19H22N4O2. The lowest BCUT2D eigenvalue weighted by Gasteiger charge is -2.26. The molecule has 6 nitrogen and oxygen atoms in total. The van der Waals surface area contributed by atoms with E-state index >= 15 is 0 Å². The first kappa shape index (κ1) is 15.9. The highest BCUT2D eigenvalue weighted by Gasteiger charge is 2.20. The number of nitrogens with one attached hydrogen (secondary N) is 1. The van der Waals surface area contributed by atoms with Gasteiger partial charge in [-0.3, -0.25) is 0 Å². The number of benzene rings is 1. The number of anilines is 1. The Kier molecular flexibility index (Phi) is 4.28. The molecule has 0 amide bonds. The molecule has 0 saturated heterocycles. The summed E-state index contributed by atoms with van der Waals surface area (Å²) < 4.78 is 7.47. The summed E-state index contributed by atoms with van der Waals surface area (Å²) in [5.41, 5.74) is 1.05. The maximum absolute atomic E-state index is 9.63. The molecule has 130 valence electrons. The highest BCUT2D eigenvalue weighted by atomic mass is 16.5. The fourth-order valence-corrected chi connectivity index (χ4v) is 3.47. The smallest absolute Gasteiger partial charge is 0.224 e. The highest BCUT2D eigenvalue weighted by Crippen LogP contribution is 2.28. The number of aromatic nitrogens is 3. The van der Waals surface area contributed by atoms with Crippen LogP contribution in [0.25, 0.3) is 16.7 Å². The van der Waals surface area contributed by atoms with E-state index in [1.807, 2.05) is 35.0 Å². The van der Waals surface area contributed by atoms with E-state index in [-0.39, 0.29) is 6.10 Å². The Bertz CT molecular complexity index is 869. The Hall–Kier alpha value is -2.60. The number of aliphatic hydroxyl groups excluding tert-OH is 1. The molecule has 0 unspecified atom stereocenters. The van der Waals surface area contributed by atoms with Crippen molar-refractivity contribution >= 4 is 16.9 Å². The second kappa shape index (κ2) is 6.72. The van der Waals surface area contributed by atoms with Gasteiger partial charge in [0.2, 0.25) is 5.95 Å². The normalized spacial score (nSPS) is 20.6. The topological polar surface area (TPSA) is 72.2 Å². The van der Waals surface area contributed by atoms with E-state index in [4.69, 9.17) is 4.74 Å². The van der Waals surface area contributed by atoms with Crippen molar-refractivity contribution in [3.8, 4) is 11.6 Å². The number of hydrogen-bond acceptors (Lipinski definition) is 5. The fraction of sp³-hybridized carbons (Fsp3) is 0.368. The lowest BCUT2D eigenvalue weighted by molar-refractivity contribution is 0.126. The molecule has 0 spiro atoms. The van der Waals surface area contributed by atoms with Gasteiger partial charge < -0.3 is 19.7 Å². The monoisotopic (exact) mass is 338 g/mol. The Morgan fingerprint density at radius 1 is 1.16 bits per heavy atom. The van der Waals surface area contributed by atoms with Gasteiger partial charge in [0, 0.05) is 23.8 Å². The average Bonchev–Trinajstić information content (AvgIpc) is 3.08. The first-order chi connectivity index (χ1) is 12.2. The number of hydrogen-bond donors (Lipinski definition) is 2. The minimum absolute atomic E-state index is 0.161. The lowest BCUT2D eigenvalue weighted by atomic mass is 9.93. The van der Waals surface area contributed by atoms with Gasteiger partial charge in [-0.05, 0) is 49.9 Å². The summed E-state index contributed by atoms with van der Waals surface area (Å²) in [4.78, 5) is 9.02. The predicted octanol–water partition coefficient (Wildman–Crippen LogP) is 3.14. The van der Waals surface area contributed by atoms with Gasteiger partial charge in [-0.2, -0.15) is 4.98 Å². The van der Waals surface area contributed by atoms with Gasteiger partial charge in [0.1, 0.15) is 11.6 Å². The van der Waals surface area contributed by atoms with Gasteiger partial charge >= 0.3 is 0 Å². The third-order valence-electron chi connectivity index (χ3n) is 4.83. The molecule has 1 saturated carbocycles. The number of fused-ring (bicyclic) bond motifs is 1. The molecule has 0 bridgehead atoms. The summed E-state index contributed by atoms with van der Waals surface area (Å²) in [5.74, 6) is 2.30. The molecule has 3 aromatic rings. The number of ether oxygens (including phenoxy) is 1. The Morgan fingerprint density at radius 3 is 2.80 bits per heavy atom. The second-order valence-corrected chi connectivity index (χ2v) is 6.47. The van der Waals surface area contributed by atoms with E-state index in [2.05, 4.69) is 21.4 Å². The standard InChI is InChI=1S/C19H22N4O2/c1-25-17-4-2-3-16-15(17)10-12-23(16)18-9-11-20-19(22-18)21-13-5-7-14(24)8-6-13/h2-4,9-14,24H,5-8H2,1H3,(H,20,21,22). The third kappa shape index (κ3) is 3.17. The van der Waals surface area contributed by atoms with Gasteiger partial charge in [-0.25, -0.2) is 4.98 Å². The van der Waals surface area contributed by atoms with Crippen LogP contribution in [0.1, 0.15) is 25.7 Å². The maximum Gasteiger partial charge on any atom is 0.224 e. The summed E-state index contributed by atoms with van der Waals surface area (Å²) in [6.07, 6.45) is 7.16. The van der Waals surface area contributed by atoms with Crippen LogP contribution >= 0.6 is 0 Å². The maximum atomic E-state index is 9.63. The van der Waals surface area contributed by atoms with Gasteiger partial charge in [0.05, 0.1) is 18.7 Å². The lowest BCUT2D eigenvalue weighted by Crippen LogP contribution is -2.29. The average molecular weight is 338 g/mol. The predicted molar refractivity (Wildman–Crippen MR) is 97.3 cm³/mol. The van der Waals surface area contributed by atoms with Crippen molar-refractivity contribution in [1.82, 2.24) is 14.5 Å². The van der Waals surface area contributed by atoms with E-state index in [1.165, 1.54) is 0 Å². The molecular weight excluding hydrogens is 316 g/mol. The van der Waals surface area contributed by atoms with Crippen LogP contribution in [0.15, 0.2) is 42.7 Å². The van der Waals surface area contributed by atoms with E-state index in [9.17, 15) is 5.11 Å². The molecule has 25 heavy (non-hydrogen) atoms. The van der Waals surface area contributed by atoms with Crippen LogP contribution in [-0.2, 0) is 0 Å². The highest BCUT2D eigenvalue weighted by molar-refractivity contribution is 5.87. The van der Waals surface area contributed by atoms with Crippen molar-refractivity contribution in [3.05, 3.63) is 42.7 Å². The molecule has 1 aliphatic carbocycles. The molecule has 0 radical (unpaired) electrons. The molecule has 2 aromatic heterocycles. The van der Waals surface area contributed by atoms with Crippen LogP contribution in [-0.4, -0.2) is 38.9 Å². The molecule has 2 N–H and O–H groups in total. The van der Waals surface area contributed by atoms with Gasteiger partial charge in [-0.15, -0.1) is 0 Å². The third-order valence-corrected chi connectivity index (χ3v) is 4.83. The van der Waals surface area contributed by atoms with Gasteiger partial charge in [0.15, 0.2) is 0 Å². The van der Waals surface area contributed by atoms with Crippen LogP contribution in [0.2, 0.25) is 0 Å². The minimum atomic E-state index is -0.161. The largest absolute Gasteiger partial charge is 0.496 e. The SMILES string of the molecule is COc1cccc2c1ccn2-c1ccnc(NC2CCC(O)CC2)n1. The number of rotatable bonds is 4. The van der Waals surface area contributed by atoms with Crippen molar-refractivity contribution < 1.29 is 9.84 Å². The molecule has 1 fully saturated rings. The molecule has 4 rings (SSSR count). The van der Waals surface area contributed by atoms with Crippen molar-refractivity contribution in [2.75, 3.05) is 12.4 Å². The van der Waals surface area contributed by atoms with Crippen molar-refractivity contribution in [2.45, 2.75) is 37.8 Å². The van der Waals surface area contributed by atoms with E-state index in [0.29, 0.717) is 12.0 Å². The zero-order valence-electron chi connectivity index (χ0n) is 14.2. The second-order valence-electron chi connectivity index (χ2n) is 6.47. The number of nitrogens with zero attached hydrogens (tertiary/aromatic N) is 3. The Morgan fingerprint density at radius 2 is 2.00 bits per heavy atom. The van der Waals surface area contributed by atoms with E-state index < -0.39 is 0 Å². The quantitative estimate of drug-likeness (QED) is 0.764. The van der Waals surface area contributed by atoms with Crippen LogP contribution in [0.3, 0.4) is 0 Å². The molecule has 1 aliphatic rings. The fourth-order valence-electron chi connectivity index (χ4n) is 3.47. The van der Waals surface area contributed by atoms with Crippen molar-refractivity contribution in [2.24, 2.45) is 0 Å². The number of methoxy groups -OCH3 is 1. The van der Waals surface area contributed by atoms with Crippen LogP contribution in [0.5, 0.6) is 5.75 Å². The summed E-state index contributed by atoms with van der Waals surface area (Å²) in [5, 5.41) is 14.1. The van der Waals surface area contributed by atoms with Gasteiger partial charge in [0.25, 0.3) is 0 Å². The summed E-state index contributed by atoms with van der Waals surface area (Å²) in [6.45, 7) is 0. The molecule has 2 heterocycles. The summed E-state index contributed by atoms with van der Waals surface area (Å²) >= 11 is 0. The molecule has 0 aliphatic heterocycles. The Labute approximate surface area is 146 Å². The first-order valence-electron chi connectivity index (χ1n) is 8.66. The Balaban J connectivity index is 1.61. The first-order valence-corrected chi connectivity index (χ1v) is 8.66. The molecule has 6 heteroatoms. The molecule has 0 atom stereocenters. The number of aliphatic hydroxyl groups is 1.